The molecule has 27 heavy (non-hydrogen) atoms. The summed E-state index contributed by atoms with van der Waals surface area (Å²) < 4.78 is 26.2. The second-order valence-electron chi connectivity index (χ2n) is 8.32. The topological polar surface area (TPSA) is 54.4 Å². The number of hydrogen-bond donors (Lipinski definition) is 1. The minimum Gasteiger partial charge on any atom is -0.481 e. The summed E-state index contributed by atoms with van der Waals surface area (Å²) in [4.78, 5) is 22.4. The van der Waals surface area contributed by atoms with E-state index in [1.807, 2.05) is 0 Å². The molecule has 0 bridgehead atoms. The van der Waals surface area contributed by atoms with Crippen molar-refractivity contribution in [3.63, 3.8) is 0 Å². The molecule has 0 aromatic rings. The molecule has 1 aliphatic rings. The molecule has 0 aromatic carbocycles. The number of carboxylic acids is 1. The highest BCUT2D eigenvalue weighted by Crippen LogP contribution is 2.37. The zero-order valence-corrected chi connectivity index (χ0v) is 16.8. The number of unbranched alkanes of at least 4 members (excludes halogenated alkanes) is 10. The van der Waals surface area contributed by atoms with Gasteiger partial charge in [0, 0.05) is 32.1 Å². The van der Waals surface area contributed by atoms with Crippen molar-refractivity contribution in [2.75, 3.05) is 0 Å². The Balaban J connectivity index is 1.82. The molecule has 5 heteroatoms. The van der Waals surface area contributed by atoms with Crippen molar-refractivity contribution >= 4 is 11.8 Å². The van der Waals surface area contributed by atoms with Crippen molar-refractivity contribution in [1.82, 2.24) is 0 Å². The van der Waals surface area contributed by atoms with E-state index in [0.29, 0.717) is 32.1 Å². The zero-order valence-electron chi connectivity index (χ0n) is 16.8. The number of alkyl halides is 2. The lowest BCUT2D eigenvalue weighted by Crippen LogP contribution is -2.25. The quantitative estimate of drug-likeness (QED) is 0.292. The minimum absolute atomic E-state index is 0.0483. The normalized spacial score (nSPS) is 17.1. The molecule has 1 rings (SSSR count). The molecule has 0 spiro atoms. The summed E-state index contributed by atoms with van der Waals surface area (Å²) >= 11 is 0. The van der Waals surface area contributed by atoms with Gasteiger partial charge in [0.1, 0.15) is 5.78 Å². The molecule has 0 heterocycles. The Morgan fingerprint density at radius 2 is 1.15 bits per heavy atom. The Hall–Kier alpha value is -1.00. The van der Waals surface area contributed by atoms with Crippen LogP contribution in [0, 0.1) is 5.92 Å². The third-order valence-electron chi connectivity index (χ3n) is 5.70. The van der Waals surface area contributed by atoms with Crippen molar-refractivity contribution in [3.05, 3.63) is 0 Å². The van der Waals surface area contributed by atoms with E-state index in [2.05, 4.69) is 0 Å². The van der Waals surface area contributed by atoms with Gasteiger partial charge in [-0.25, -0.2) is 8.78 Å². The zero-order chi connectivity index (χ0) is 20.0. The van der Waals surface area contributed by atoms with E-state index in [0.717, 1.165) is 32.1 Å². The van der Waals surface area contributed by atoms with Gasteiger partial charge in [0.25, 0.3) is 0 Å². The van der Waals surface area contributed by atoms with Gasteiger partial charge in [0.2, 0.25) is 5.92 Å². The average Bonchev–Trinajstić information content (AvgIpc) is 2.60. The Kier molecular flexibility index (Phi) is 12.5. The number of aliphatic carboxylic acids is 1. The molecule has 0 atom stereocenters. The molecule has 3 nitrogen and oxygen atoms in total. The molecule has 0 aliphatic heterocycles. The number of Topliss-reactive ketones (excluding diaryl/α,β-unsaturated/α-hetero) is 1. The molecule has 1 fully saturated rings. The molecule has 0 amide bonds. The molecule has 0 aromatic heterocycles. The summed E-state index contributed by atoms with van der Waals surface area (Å²) in [5.41, 5.74) is 0. The molecule has 0 saturated heterocycles. The Labute approximate surface area is 163 Å². The van der Waals surface area contributed by atoms with Gasteiger partial charge in [-0.15, -0.1) is 0 Å². The van der Waals surface area contributed by atoms with Crippen LogP contribution in [-0.4, -0.2) is 22.8 Å². The van der Waals surface area contributed by atoms with Gasteiger partial charge in [-0.2, -0.15) is 0 Å². The van der Waals surface area contributed by atoms with E-state index >= 15 is 0 Å². The second kappa shape index (κ2) is 14.1. The van der Waals surface area contributed by atoms with E-state index in [4.69, 9.17) is 5.11 Å². The SMILES string of the molecule is O=C(O)CCCCCCCCCCCCCC(=O)CC1CCC(F)(F)CC1. The fraction of sp³-hybridized carbons (Fsp3) is 0.909. The van der Waals surface area contributed by atoms with Gasteiger partial charge < -0.3 is 5.11 Å². The Bertz CT molecular complexity index is 414. The first-order valence-electron chi connectivity index (χ1n) is 11.0. The summed E-state index contributed by atoms with van der Waals surface area (Å²) in [5.74, 6) is -2.76. The first-order chi connectivity index (χ1) is 12.9. The highest BCUT2D eigenvalue weighted by atomic mass is 19.3. The first-order valence-corrected chi connectivity index (χ1v) is 11.0. The largest absolute Gasteiger partial charge is 0.481 e. The fourth-order valence-electron chi connectivity index (χ4n) is 3.92. The second-order valence-corrected chi connectivity index (χ2v) is 8.32. The fourth-order valence-corrected chi connectivity index (χ4v) is 3.92. The van der Waals surface area contributed by atoms with Gasteiger partial charge in [-0.05, 0) is 31.6 Å². The Morgan fingerprint density at radius 1 is 0.741 bits per heavy atom. The maximum absolute atomic E-state index is 13.1. The standard InChI is InChI=1S/C22H38F2O3/c23-22(24)16-14-19(15-17-22)18-20(25)12-10-8-6-4-2-1-3-5-7-9-11-13-21(26)27/h19H,1-18H2,(H,26,27). The van der Waals surface area contributed by atoms with Crippen LogP contribution in [0.3, 0.4) is 0 Å². The van der Waals surface area contributed by atoms with Gasteiger partial charge in [0.15, 0.2) is 0 Å². The number of carbonyl (C=O) groups excluding carboxylic acids is 1. The summed E-state index contributed by atoms with van der Waals surface area (Å²) in [6, 6.07) is 0. The van der Waals surface area contributed by atoms with Crippen LogP contribution in [-0.2, 0) is 9.59 Å². The number of carbonyl (C=O) groups is 2. The van der Waals surface area contributed by atoms with Crippen molar-refractivity contribution in [2.24, 2.45) is 5.92 Å². The predicted octanol–water partition coefficient (Wildman–Crippen LogP) is 6.93. The number of ketones is 1. The smallest absolute Gasteiger partial charge is 0.303 e. The highest BCUT2D eigenvalue weighted by Gasteiger charge is 2.35. The van der Waals surface area contributed by atoms with Gasteiger partial charge in [-0.3, -0.25) is 9.59 Å². The first kappa shape index (κ1) is 24.0. The Morgan fingerprint density at radius 3 is 1.59 bits per heavy atom. The number of rotatable bonds is 16. The lowest BCUT2D eigenvalue weighted by molar-refractivity contribution is -0.137. The van der Waals surface area contributed by atoms with Crippen molar-refractivity contribution in [3.8, 4) is 0 Å². The molecule has 1 aliphatic carbocycles. The van der Waals surface area contributed by atoms with Gasteiger partial charge >= 0.3 is 5.97 Å². The maximum atomic E-state index is 13.1. The number of carboxylic acid groups (broad SMARTS) is 1. The third-order valence-corrected chi connectivity index (χ3v) is 5.70. The van der Waals surface area contributed by atoms with Crippen LogP contribution in [0.1, 0.15) is 116 Å². The van der Waals surface area contributed by atoms with Gasteiger partial charge in [-0.1, -0.05) is 57.8 Å². The van der Waals surface area contributed by atoms with Crippen LogP contribution in [0.5, 0.6) is 0 Å². The van der Waals surface area contributed by atoms with Crippen LogP contribution in [0.2, 0.25) is 0 Å². The van der Waals surface area contributed by atoms with Crippen LogP contribution < -0.4 is 0 Å². The van der Waals surface area contributed by atoms with Crippen LogP contribution in [0.25, 0.3) is 0 Å². The van der Waals surface area contributed by atoms with E-state index < -0.39 is 11.9 Å². The monoisotopic (exact) mass is 388 g/mol. The van der Waals surface area contributed by atoms with Crippen molar-refractivity contribution in [1.29, 1.82) is 0 Å². The number of halogens is 2. The highest BCUT2D eigenvalue weighted by molar-refractivity contribution is 5.78. The van der Waals surface area contributed by atoms with Gasteiger partial charge in [0.05, 0.1) is 0 Å². The maximum Gasteiger partial charge on any atom is 0.303 e. The molecular weight excluding hydrogens is 350 g/mol. The summed E-state index contributed by atoms with van der Waals surface area (Å²) in [5, 5.41) is 8.55. The summed E-state index contributed by atoms with van der Waals surface area (Å²) in [7, 11) is 0. The van der Waals surface area contributed by atoms with E-state index in [-0.39, 0.29) is 24.5 Å². The lowest BCUT2D eigenvalue weighted by atomic mass is 9.83. The van der Waals surface area contributed by atoms with Crippen molar-refractivity contribution in [2.45, 2.75) is 121 Å². The van der Waals surface area contributed by atoms with Crippen LogP contribution >= 0.6 is 0 Å². The molecule has 158 valence electrons. The summed E-state index contributed by atoms with van der Waals surface area (Å²) in [6.45, 7) is 0. The molecule has 0 unspecified atom stereocenters. The van der Waals surface area contributed by atoms with E-state index in [1.54, 1.807) is 0 Å². The predicted molar refractivity (Wildman–Crippen MR) is 104 cm³/mol. The minimum atomic E-state index is -2.50. The molecule has 0 radical (unpaired) electrons. The van der Waals surface area contributed by atoms with Crippen LogP contribution in [0.15, 0.2) is 0 Å². The summed E-state index contributed by atoms with van der Waals surface area (Å²) in [6.07, 6.45) is 14.6. The molecule has 1 N–H and O–H groups in total. The van der Waals surface area contributed by atoms with Crippen molar-refractivity contribution < 1.29 is 23.5 Å². The van der Waals surface area contributed by atoms with Crippen LogP contribution in [0.4, 0.5) is 8.78 Å². The third kappa shape index (κ3) is 13.8. The van der Waals surface area contributed by atoms with E-state index in [1.165, 1.54) is 38.5 Å². The van der Waals surface area contributed by atoms with E-state index in [9.17, 15) is 18.4 Å². The average molecular weight is 389 g/mol. The molecular formula is C22H38F2O3. The number of hydrogen-bond acceptors (Lipinski definition) is 2. The lowest BCUT2D eigenvalue weighted by Gasteiger charge is -2.27. The molecule has 1 saturated carbocycles.